The molecule has 7 heteroatoms. The standard InChI is InChI=1S/C18H19Cl2NO3S/c1-11(2)25(23,24)15-7-4-13(5-8-15)18(22)21-12(3)14-6-9-16(19)17(20)10-14/h4-12H,1-3H3,(H,21,22). The van der Waals surface area contributed by atoms with Crippen LogP contribution in [0.3, 0.4) is 0 Å². The van der Waals surface area contributed by atoms with E-state index in [1.54, 1.807) is 32.0 Å². The van der Waals surface area contributed by atoms with Crippen molar-refractivity contribution in [2.24, 2.45) is 0 Å². The maximum Gasteiger partial charge on any atom is 0.251 e. The summed E-state index contributed by atoms with van der Waals surface area (Å²) in [5, 5.41) is 3.21. The molecule has 0 spiro atoms. The van der Waals surface area contributed by atoms with Crippen molar-refractivity contribution < 1.29 is 13.2 Å². The fourth-order valence-corrected chi connectivity index (χ4v) is 3.58. The number of sulfone groups is 1. The van der Waals surface area contributed by atoms with E-state index in [1.165, 1.54) is 24.3 Å². The molecule has 0 fully saturated rings. The summed E-state index contributed by atoms with van der Waals surface area (Å²) in [6.07, 6.45) is 0. The SMILES string of the molecule is CC(NC(=O)c1ccc(S(=O)(=O)C(C)C)cc1)c1ccc(Cl)c(Cl)c1. The number of benzene rings is 2. The first-order valence-electron chi connectivity index (χ1n) is 7.72. The van der Waals surface area contributed by atoms with Crippen molar-refractivity contribution >= 4 is 38.9 Å². The predicted octanol–water partition coefficient (Wildman–Crippen LogP) is 4.67. The van der Waals surface area contributed by atoms with Crippen LogP contribution in [-0.2, 0) is 9.84 Å². The zero-order chi connectivity index (χ0) is 18.8. The lowest BCUT2D eigenvalue weighted by atomic mass is 10.1. The summed E-state index contributed by atoms with van der Waals surface area (Å²) in [5.41, 5.74) is 1.20. The lowest BCUT2D eigenvalue weighted by molar-refractivity contribution is 0.0940. The summed E-state index contributed by atoms with van der Waals surface area (Å²) in [6.45, 7) is 5.07. The van der Waals surface area contributed by atoms with Crippen LogP contribution in [0.1, 0.15) is 42.7 Å². The quantitative estimate of drug-likeness (QED) is 0.794. The number of halogens is 2. The molecule has 1 unspecified atom stereocenters. The van der Waals surface area contributed by atoms with E-state index >= 15 is 0 Å². The third-order valence-corrected chi connectivity index (χ3v) is 6.77. The number of carbonyl (C=O) groups excluding carboxylic acids is 1. The zero-order valence-electron chi connectivity index (χ0n) is 14.1. The Kier molecular flexibility index (Phi) is 6.14. The van der Waals surface area contributed by atoms with Gasteiger partial charge in [-0.25, -0.2) is 8.42 Å². The van der Waals surface area contributed by atoms with Gasteiger partial charge in [-0.15, -0.1) is 0 Å². The molecule has 0 heterocycles. The van der Waals surface area contributed by atoms with Crippen molar-refractivity contribution in [3.05, 3.63) is 63.6 Å². The highest BCUT2D eigenvalue weighted by Gasteiger charge is 2.20. The number of rotatable bonds is 5. The van der Waals surface area contributed by atoms with E-state index in [-0.39, 0.29) is 16.8 Å². The normalized spacial score (nSPS) is 12.9. The lowest BCUT2D eigenvalue weighted by Gasteiger charge is -2.15. The molecule has 2 aromatic rings. The first kappa shape index (κ1) is 19.8. The Balaban J connectivity index is 2.14. The molecule has 0 aliphatic heterocycles. The van der Waals surface area contributed by atoms with E-state index < -0.39 is 15.1 Å². The second kappa shape index (κ2) is 7.77. The predicted molar refractivity (Wildman–Crippen MR) is 101 cm³/mol. The van der Waals surface area contributed by atoms with Crippen molar-refractivity contribution in [1.29, 1.82) is 0 Å². The molecule has 2 rings (SSSR count). The molecule has 0 aromatic heterocycles. The maximum atomic E-state index is 12.4. The molecular formula is C18H19Cl2NO3S. The van der Waals surface area contributed by atoms with Crippen LogP contribution in [-0.4, -0.2) is 19.6 Å². The van der Waals surface area contributed by atoms with Crippen LogP contribution in [0.15, 0.2) is 47.4 Å². The number of hydrogen-bond donors (Lipinski definition) is 1. The fraction of sp³-hybridized carbons (Fsp3) is 0.278. The molecule has 4 nitrogen and oxygen atoms in total. The molecule has 0 saturated heterocycles. The van der Waals surface area contributed by atoms with Crippen molar-refractivity contribution in [2.45, 2.75) is 37.0 Å². The molecule has 0 radical (unpaired) electrons. The summed E-state index contributed by atoms with van der Waals surface area (Å²) in [5.74, 6) is -0.299. The zero-order valence-corrected chi connectivity index (χ0v) is 16.4. The number of carbonyl (C=O) groups is 1. The monoisotopic (exact) mass is 399 g/mol. The molecular weight excluding hydrogens is 381 g/mol. The Morgan fingerprint density at radius 3 is 2.08 bits per heavy atom. The molecule has 25 heavy (non-hydrogen) atoms. The smallest absolute Gasteiger partial charge is 0.251 e. The van der Waals surface area contributed by atoms with Gasteiger partial charge in [0.25, 0.3) is 5.91 Å². The Labute approximate surface area is 158 Å². The lowest BCUT2D eigenvalue weighted by Crippen LogP contribution is -2.26. The van der Waals surface area contributed by atoms with Crippen molar-refractivity contribution in [2.75, 3.05) is 0 Å². The molecule has 1 atom stereocenters. The largest absolute Gasteiger partial charge is 0.346 e. The number of amides is 1. The average molecular weight is 400 g/mol. The van der Waals surface area contributed by atoms with Gasteiger partial charge in [0.1, 0.15) is 0 Å². The minimum atomic E-state index is -3.35. The van der Waals surface area contributed by atoms with Gasteiger partial charge >= 0.3 is 0 Å². The second-order valence-electron chi connectivity index (χ2n) is 5.99. The fourth-order valence-electron chi connectivity index (χ4n) is 2.21. The van der Waals surface area contributed by atoms with Crippen LogP contribution in [0.5, 0.6) is 0 Å². The van der Waals surface area contributed by atoms with E-state index in [0.717, 1.165) is 5.56 Å². The van der Waals surface area contributed by atoms with E-state index in [1.807, 2.05) is 6.92 Å². The third-order valence-electron chi connectivity index (χ3n) is 3.86. The topological polar surface area (TPSA) is 63.2 Å². The van der Waals surface area contributed by atoms with Gasteiger partial charge in [-0.05, 0) is 62.7 Å². The van der Waals surface area contributed by atoms with Crippen LogP contribution in [0, 0.1) is 0 Å². The highest BCUT2D eigenvalue weighted by atomic mass is 35.5. The summed E-state index contributed by atoms with van der Waals surface area (Å²) >= 11 is 11.9. The molecule has 0 aliphatic rings. The number of hydrogen-bond acceptors (Lipinski definition) is 3. The highest BCUT2D eigenvalue weighted by Crippen LogP contribution is 2.25. The third kappa shape index (κ3) is 4.54. The Bertz CT molecular complexity index is 878. The molecule has 134 valence electrons. The Morgan fingerprint density at radius 2 is 1.56 bits per heavy atom. The molecule has 0 bridgehead atoms. The summed E-state index contributed by atoms with van der Waals surface area (Å²) in [4.78, 5) is 12.6. The maximum absolute atomic E-state index is 12.4. The van der Waals surface area contributed by atoms with Crippen molar-refractivity contribution in [3.63, 3.8) is 0 Å². The van der Waals surface area contributed by atoms with Gasteiger partial charge < -0.3 is 5.32 Å². The van der Waals surface area contributed by atoms with Crippen LogP contribution in [0.4, 0.5) is 0 Å². The van der Waals surface area contributed by atoms with Crippen molar-refractivity contribution in [1.82, 2.24) is 5.32 Å². The Hall–Kier alpha value is -1.56. The summed E-state index contributed by atoms with van der Waals surface area (Å²) in [7, 11) is -3.35. The van der Waals surface area contributed by atoms with Crippen LogP contribution < -0.4 is 5.32 Å². The molecule has 0 aliphatic carbocycles. The first-order chi connectivity index (χ1) is 11.6. The number of nitrogens with one attached hydrogen (secondary N) is 1. The van der Waals surface area contributed by atoms with Gasteiger partial charge in [0.05, 0.1) is 26.2 Å². The highest BCUT2D eigenvalue weighted by molar-refractivity contribution is 7.92. The summed E-state index contributed by atoms with van der Waals surface area (Å²) in [6, 6.07) is 10.8. The minimum absolute atomic E-state index is 0.205. The van der Waals surface area contributed by atoms with Gasteiger partial charge in [0.15, 0.2) is 9.84 Å². The Morgan fingerprint density at radius 1 is 0.960 bits per heavy atom. The van der Waals surface area contributed by atoms with E-state index in [0.29, 0.717) is 15.6 Å². The summed E-state index contributed by atoms with van der Waals surface area (Å²) < 4.78 is 24.2. The van der Waals surface area contributed by atoms with Gasteiger partial charge in [0, 0.05) is 5.56 Å². The average Bonchev–Trinajstić information content (AvgIpc) is 2.57. The van der Waals surface area contributed by atoms with Gasteiger partial charge in [-0.1, -0.05) is 29.3 Å². The van der Waals surface area contributed by atoms with E-state index in [4.69, 9.17) is 23.2 Å². The molecule has 0 saturated carbocycles. The van der Waals surface area contributed by atoms with Gasteiger partial charge in [0.2, 0.25) is 0 Å². The van der Waals surface area contributed by atoms with E-state index in [2.05, 4.69) is 5.32 Å². The van der Waals surface area contributed by atoms with Gasteiger partial charge in [-0.3, -0.25) is 4.79 Å². The minimum Gasteiger partial charge on any atom is -0.346 e. The van der Waals surface area contributed by atoms with Gasteiger partial charge in [-0.2, -0.15) is 0 Å². The van der Waals surface area contributed by atoms with Crippen molar-refractivity contribution in [3.8, 4) is 0 Å². The molecule has 2 aromatic carbocycles. The van der Waals surface area contributed by atoms with Crippen LogP contribution in [0.2, 0.25) is 10.0 Å². The van der Waals surface area contributed by atoms with E-state index in [9.17, 15) is 13.2 Å². The molecule has 1 amide bonds. The second-order valence-corrected chi connectivity index (χ2v) is 9.31. The van der Waals surface area contributed by atoms with Crippen LogP contribution >= 0.6 is 23.2 Å². The first-order valence-corrected chi connectivity index (χ1v) is 10.0. The molecule has 1 N–H and O–H groups in total. The van der Waals surface area contributed by atoms with Crippen LogP contribution in [0.25, 0.3) is 0 Å².